The highest BCUT2D eigenvalue weighted by Gasteiger charge is 2.34. The van der Waals surface area contributed by atoms with E-state index in [1.165, 1.54) is 4.90 Å². The highest BCUT2D eigenvalue weighted by atomic mass is 16.4. The minimum absolute atomic E-state index is 0.153. The van der Waals surface area contributed by atoms with Crippen LogP contribution in [0.25, 0.3) is 0 Å². The van der Waals surface area contributed by atoms with Crippen LogP contribution in [0, 0.1) is 13.8 Å². The number of hydrogen-bond donors (Lipinski definition) is 1. The first-order valence-corrected chi connectivity index (χ1v) is 5.98. The van der Waals surface area contributed by atoms with Crippen LogP contribution < -0.4 is 0 Å². The number of aromatic nitrogens is 1. The van der Waals surface area contributed by atoms with Crippen LogP contribution in [0.15, 0.2) is 4.42 Å². The lowest BCUT2D eigenvalue weighted by Crippen LogP contribution is -2.48. The molecule has 1 atom stereocenters. The molecule has 0 aliphatic carbocycles. The average Bonchev–Trinajstić information content (AvgIpc) is 2.67. The molecule has 1 aromatic heterocycles. The third-order valence-electron chi connectivity index (χ3n) is 3.15. The molecule has 1 saturated heterocycles. The Bertz CT molecular complexity index is 480. The van der Waals surface area contributed by atoms with Gasteiger partial charge in [-0.3, -0.25) is 4.79 Å². The third-order valence-corrected chi connectivity index (χ3v) is 3.15. The summed E-state index contributed by atoms with van der Waals surface area (Å²) in [6.07, 6.45) is 2.14. The van der Waals surface area contributed by atoms with Crippen molar-refractivity contribution < 1.29 is 19.1 Å². The first-order chi connectivity index (χ1) is 8.50. The third kappa shape index (κ3) is 2.23. The Morgan fingerprint density at radius 1 is 1.39 bits per heavy atom. The summed E-state index contributed by atoms with van der Waals surface area (Å²) in [5.74, 6) is -0.766. The molecule has 2 rings (SSSR count). The van der Waals surface area contributed by atoms with E-state index in [4.69, 9.17) is 9.52 Å². The predicted molar refractivity (Wildman–Crippen MR) is 62.3 cm³/mol. The lowest BCUT2D eigenvalue weighted by atomic mass is 10.0. The van der Waals surface area contributed by atoms with Gasteiger partial charge in [0.15, 0.2) is 5.89 Å². The smallest absolute Gasteiger partial charge is 0.326 e. The molecule has 0 aromatic carbocycles. The Balaban J connectivity index is 2.26. The van der Waals surface area contributed by atoms with Crippen molar-refractivity contribution in [2.24, 2.45) is 0 Å². The summed E-state index contributed by atoms with van der Waals surface area (Å²) in [6, 6.07) is -0.754. The molecule has 0 radical (unpaired) electrons. The molecule has 0 spiro atoms. The number of rotatable bonds is 2. The van der Waals surface area contributed by atoms with Gasteiger partial charge in [-0.25, -0.2) is 9.78 Å². The predicted octanol–water partition coefficient (Wildman–Crippen LogP) is 1.37. The molecule has 2 heterocycles. The molecule has 1 N–H and O–H groups in total. The average molecular weight is 252 g/mol. The second-order valence-corrected chi connectivity index (χ2v) is 4.50. The van der Waals surface area contributed by atoms with Gasteiger partial charge in [0, 0.05) is 13.5 Å². The van der Waals surface area contributed by atoms with E-state index < -0.39 is 12.0 Å². The maximum atomic E-state index is 12.3. The molecule has 1 fully saturated rings. The molecule has 18 heavy (non-hydrogen) atoms. The van der Waals surface area contributed by atoms with E-state index in [1.54, 1.807) is 13.8 Å². The van der Waals surface area contributed by atoms with Crippen molar-refractivity contribution in [3.63, 3.8) is 0 Å². The van der Waals surface area contributed by atoms with Gasteiger partial charge < -0.3 is 14.4 Å². The summed E-state index contributed by atoms with van der Waals surface area (Å²) in [4.78, 5) is 28.8. The fourth-order valence-electron chi connectivity index (χ4n) is 2.29. The van der Waals surface area contributed by atoms with Crippen LogP contribution in [0.5, 0.6) is 0 Å². The number of aryl methyl sites for hydroxylation is 2. The van der Waals surface area contributed by atoms with Gasteiger partial charge in [-0.2, -0.15) is 0 Å². The van der Waals surface area contributed by atoms with Gasteiger partial charge in [-0.1, -0.05) is 0 Å². The number of amides is 1. The van der Waals surface area contributed by atoms with Gasteiger partial charge in [-0.05, 0) is 26.2 Å². The lowest BCUT2D eigenvalue weighted by Gasteiger charge is -2.32. The molecule has 1 unspecified atom stereocenters. The van der Waals surface area contributed by atoms with Gasteiger partial charge in [0.2, 0.25) is 5.76 Å². The van der Waals surface area contributed by atoms with Crippen LogP contribution in [0.4, 0.5) is 0 Å². The Morgan fingerprint density at radius 3 is 2.67 bits per heavy atom. The van der Waals surface area contributed by atoms with E-state index in [1.807, 2.05) is 0 Å². The van der Waals surface area contributed by atoms with Crippen molar-refractivity contribution in [3.05, 3.63) is 17.3 Å². The Hall–Kier alpha value is -1.85. The normalized spacial score (nSPS) is 19.9. The summed E-state index contributed by atoms with van der Waals surface area (Å²) in [5.41, 5.74) is 0.507. The van der Waals surface area contributed by atoms with Crippen molar-refractivity contribution >= 4 is 11.9 Å². The molecule has 6 heteroatoms. The van der Waals surface area contributed by atoms with Crippen molar-refractivity contribution in [3.8, 4) is 0 Å². The number of nitrogens with zero attached hydrogens (tertiary/aromatic N) is 2. The van der Waals surface area contributed by atoms with E-state index in [9.17, 15) is 9.59 Å². The van der Waals surface area contributed by atoms with E-state index in [2.05, 4.69) is 4.98 Å². The van der Waals surface area contributed by atoms with Crippen LogP contribution in [0.2, 0.25) is 0 Å². The number of likely N-dealkylation sites (tertiary alicyclic amines) is 1. The van der Waals surface area contributed by atoms with Crippen LogP contribution in [0.3, 0.4) is 0 Å². The first-order valence-electron chi connectivity index (χ1n) is 5.98. The van der Waals surface area contributed by atoms with Crippen LogP contribution in [-0.4, -0.2) is 39.5 Å². The number of carbonyl (C=O) groups excluding carboxylic acids is 1. The van der Waals surface area contributed by atoms with E-state index >= 15 is 0 Å². The minimum Gasteiger partial charge on any atom is -0.480 e. The molecular formula is C12H16N2O4. The second kappa shape index (κ2) is 4.80. The van der Waals surface area contributed by atoms with Crippen molar-refractivity contribution in [1.82, 2.24) is 9.88 Å². The molecule has 1 aromatic rings. The lowest BCUT2D eigenvalue weighted by molar-refractivity contribution is -0.143. The summed E-state index contributed by atoms with van der Waals surface area (Å²) in [6.45, 7) is 3.80. The van der Waals surface area contributed by atoms with Crippen LogP contribution in [0.1, 0.15) is 41.4 Å². The molecule has 0 bridgehead atoms. The first kappa shape index (κ1) is 12.6. The molecule has 98 valence electrons. The highest BCUT2D eigenvalue weighted by Crippen LogP contribution is 2.21. The summed E-state index contributed by atoms with van der Waals surface area (Å²) in [5, 5.41) is 9.14. The fraction of sp³-hybridized carbons (Fsp3) is 0.583. The second-order valence-electron chi connectivity index (χ2n) is 4.50. The quantitative estimate of drug-likeness (QED) is 0.859. The number of oxazole rings is 1. The number of piperidine rings is 1. The maximum absolute atomic E-state index is 12.3. The summed E-state index contributed by atoms with van der Waals surface area (Å²) in [7, 11) is 0. The number of carboxylic acid groups (broad SMARTS) is 1. The number of aliphatic carboxylic acids is 1. The zero-order valence-corrected chi connectivity index (χ0v) is 10.5. The SMILES string of the molecule is Cc1nc(C)c(C(=O)N2CCCCC2C(=O)O)o1. The topological polar surface area (TPSA) is 83.6 Å². The standard InChI is InChI=1S/C12H16N2O4/c1-7-10(18-8(2)13-7)11(15)14-6-4-3-5-9(14)12(16)17/h9H,3-6H2,1-2H3,(H,16,17). The fourth-order valence-corrected chi connectivity index (χ4v) is 2.29. The van der Waals surface area contributed by atoms with Gasteiger partial charge in [0.1, 0.15) is 6.04 Å². The monoisotopic (exact) mass is 252 g/mol. The molecule has 0 saturated carbocycles. The number of carboxylic acids is 1. The number of carbonyl (C=O) groups is 2. The molecule has 1 aliphatic rings. The highest BCUT2D eigenvalue weighted by molar-refractivity contribution is 5.95. The zero-order valence-electron chi connectivity index (χ0n) is 10.5. The van der Waals surface area contributed by atoms with Crippen molar-refractivity contribution in [1.29, 1.82) is 0 Å². The van der Waals surface area contributed by atoms with Gasteiger partial charge in [0.25, 0.3) is 5.91 Å². The summed E-state index contributed by atoms with van der Waals surface area (Å²) >= 11 is 0. The van der Waals surface area contributed by atoms with E-state index in [0.29, 0.717) is 24.6 Å². The van der Waals surface area contributed by atoms with E-state index in [-0.39, 0.29) is 11.7 Å². The maximum Gasteiger partial charge on any atom is 0.326 e. The minimum atomic E-state index is -0.961. The summed E-state index contributed by atoms with van der Waals surface area (Å²) < 4.78 is 5.26. The molecule has 6 nitrogen and oxygen atoms in total. The van der Waals surface area contributed by atoms with Gasteiger partial charge in [-0.15, -0.1) is 0 Å². The molecule has 1 amide bonds. The molecular weight excluding hydrogens is 236 g/mol. The van der Waals surface area contributed by atoms with Crippen molar-refractivity contribution in [2.45, 2.75) is 39.2 Å². The Morgan fingerprint density at radius 2 is 2.11 bits per heavy atom. The van der Waals surface area contributed by atoms with Gasteiger partial charge >= 0.3 is 5.97 Å². The van der Waals surface area contributed by atoms with Crippen LogP contribution >= 0.6 is 0 Å². The van der Waals surface area contributed by atoms with Gasteiger partial charge in [0.05, 0.1) is 5.69 Å². The Labute approximate surface area is 105 Å². The van der Waals surface area contributed by atoms with E-state index in [0.717, 1.165) is 12.8 Å². The largest absolute Gasteiger partial charge is 0.480 e. The zero-order chi connectivity index (χ0) is 13.3. The van der Waals surface area contributed by atoms with Crippen LogP contribution in [-0.2, 0) is 4.79 Å². The van der Waals surface area contributed by atoms with Crippen molar-refractivity contribution in [2.75, 3.05) is 6.54 Å². The molecule has 1 aliphatic heterocycles. The number of hydrogen-bond acceptors (Lipinski definition) is 4. The Kier molecular flexibility index (Phi) is 3.36.